The molecule has 1 N–H and O–H groups in total. The van der Waals surface area contributed by atoms with E-state index >= 15 is 0 Å². The van der Waals surface area contributed by atoms with Gasteiger partial charge in [-0.25, -0.2) is 8.42 Å². The Morgan fingerprint density at radius 3 is 2.63 bits per heavy atom. The molecule has 1 aromatic heterocycles. The number of amides is 1. The van der Waals surface area contributed by atoms with E-state index in [0.717, 1.165) is 27.8 Å². The Bertz CT molecular complexity index is 959. The van der Waals surface area contributed by atoms with Crippen molar-refractivity contribution in [2.24, 2.45) is 0 Å². The fourth-order valence-corrected chi connectivity index (χ4v) is 4.30. The molecular weight excluding hydrogens is 401 g/mol. The van der Waals surface area contributed by atoms with Gasteiger partial charge in [-0.15, -0.1) is 11.3 Å². The number of nitrogens with one attached hydrogen (secondary N) is 1. The molecule has 0 aliphatic heterocycles. The average Bonchev–Trinajstić information content (AvgIpc) is 3.13. The van der Waals surface area contributed by atoms with Crippen molar-refractivity contribution in [3.8, 4) is 11.8 Å². The molecule has 0 saturated heterocycles. The molecule has 0 aliphatic carbocycles. The van der Waals surface area contributed by atoms with Crippen LogP contribution >= 0.6 is 11.3 Å². The zero-order chi connectivity index (χ0) is 20.1. The number of alkyl halides is 3. The molecule has 0 aliphatic rings. The third-order valence-corrected chi connectivity index (χ3v) is 6.50. The molecule has 2 aromatic rings. The van der Waals surface area contributed by atoms with Crippen molar-refractivity contribution in [1.82, 2.24) is 9.62 Å². The van der Waals surface area contributed by atoms with Gasteiger partial charge in [0.25, 0.3) is 10.0 Å². The van der Waals surface area contributed by atoms with E-state index in [1.807, 2.05) is 0 Å². The first-order chi connectivity index (χ1) is 12.6. The van der Waals surface area contributed by atoms with E-state index in [4.69, 9.17) is 0 Å². The molecule has 0 unspecified atom stereocenters. The van der Waals surface area contributed by atoms with Gasteiger partial charge in [0.15, 0.2) is 0 Å². The number of hydrogen-bond acceptors (Lipinski definition) is 4. The van der Waals surface area contributed by atoms with Crippen LogP contribution in [0.25, 0.3) is 0 Å². The summed E-state index contributed by atoms with van der Waals surface area (Å²) in [5.41, 5.74) is -0.643. The van der Waals surface area contributed by atoms with Crippen LogP contribution in [-0.2, 0) is 21.0 Å². The predicted molar refractivity (Wildman–Crippen MR) is 95.5 cm³/mol. The van der Waals surface area contributed by atoms with Crippen molar-refractivity contribution in [2.45, 2.75) is 10.4 Å². The van der Waals surface area contributed by atoms with Gasteiger partial charge in [0.2, 0.25) is 5.91 Å². The second-order valence-corrected chi connectivity index (χ2v) is 8.57. The first-order valence-corrected chi connectivity index (χ1v) is 9.85. The molecule has 27 heavy (non-hydrogen) atoms. The summed E-state index contributed by atoms with van der Waals surface area (Å²) in [6.07, 6.45) is -4.45. The highest BCUT2D eigenvalue weighted by Crippen LogP contribution is 2.29. The summed E-state index contributed by atoms with van der Waals surface area (Å²) in [6, 6.07) is 7.55. The molecule has 1 amide bonds. The second kappa shape index (κ2) is 8.56. The van der Waals surface area contributed by atoms with Gasteiger partial charge in [0, 0.05) is 12.6 Å². The Kier molecular flexibility index (Phi) is 6.64. The van der Waals surface area contributed by atoms with Gasteiger partial charge in [-0.05, 0) is 29.6 Å². The highest BCUT2D eigenvalue weighted by Gasteiger charge is 2.30. The topological polar surface area (TPSA) is 66.5 Å². The molecule has 0 radical (unpaired) electrons. The molecule has 0 fully saturated rings. The Morgan fingerprint density at radius 2 is 2.00 bits per heavy atom. The summed E-state index contributed by atoms with van der Waals surface area (Å²) in [6.45, 7) is -0.520. The van der Waals surface area contributed by atoms with Gasteiger partial charge in [-0.2, -0.15) is 17.5 Å². The summed E-state index contributed by atoms with van der Waals surface area (Å²) in [7, 11) is -2.45. The maximum absolute atomic E-state index is 12.6. The number of carbonyl (C=O) groups is 1. The Hall–Kier alpha value is -2.35. The van der Waals surface area contributed by atoms with E-state index in [0.29, 0.717) is 0 Å². The van der Waals surface area contributed by atoms with Crippen molar-refractivity contribution >= 4 is 27.3 Å². The first-order valence-electron chi connectivity index (χ1n) is 7.53. The van der Waals surface area contributed by atoms with Crippen LogP contribution in [-0.4, -0.2) is 38.8 Å². The number of carbonyl (C=O) groups excluding carboxylic acids is 1. The number of rotatable bonds is 5. The smallest absolute Gasteiger partial charge is 0.344 e. The highest BCUT2D eigenvalue weighted by atomic mass is 32.2. The number of hydrogen-bond donors (Lipinski definition) is 1. The molecule has 1 aromatic carbocycles. The third-order valence-electron chi connectivity index (χ3n) is 3.32. The monoisotopic (exact) mass is 416 g/mol. The third kappa shape index (κ3) is 5.82. The predicted octanol–water partition coefficient (Wildman–Crippen LogP) is 2.56. The quantitative estimate of drug-likeness (QED) is 0.762. The summed E-state index contributed by atoms with van der Waals surface area (Å²) in [4.78, 5) is 11.8. The van der Waals surface area contributed by atoms with Gasteiger partial charge >= 0.3 is 6.18 Å². The summed E-state index contributed by atoms with van der Waals surface area (Å²) >= 11 is 1.04. The van der Waals surface area contributed by atoms with Crippen LogP contribution in [0.1, 0.15) is 11.1 Å². The highest BCUT2D eigenvalue weighted by molar-refractivity contribution is 7.91. The van der Waals surface area contributed by atoms with E-state index < -0.39 is 34.2 Å². The van der Waals surface area contributed by atoms with Gasteiger partial charge in [0.1, 0.15) is 4.21 Å². The maximum Gasteiger partial charge on any atom is 0.416 e. The lowest BCUT2D eigenvalue weighted by Crippen LogP contribution is -2.38. The van der Waals surface area contributed by atoms with Gasteiger partial charge in [0.05, 0.1) is 18.7 Å². The molecule has 2 rings (SSSR count). The Labute approximate surface area is 158 Å². The van der Waals surface area contributed by atoms with Crippen LogP contribution in [0.5, 0.6) is 0 Å². The van der Waals surface area contributed by atoms with E-state index in [1.165, 1.54) is 25.2 Å². The maximum atomic E-state index is 12.6. The Morgan fingerprint density at radius 1 is 1.26 bits per heavy atom. The van der Waals surface area contributed by atoms with Crippen molar-refractivity contribution < 1.29 is 26.4 Å². The molecule has 1 heterocycles. The fourth-order valence-electron chi connectivity index (χ4n) is 1.97. The molecule has 0 bridgehead atoms. The van der Waals surface area contributed by atoms with Crippen LogP contribution in [0, 0.1) is 11.8 Å². The summed E-state index contributed by atoms with van der Waals surface area (Å²) in [5, 5.41) is 4.02. The van der Waals surface area contributed by atoms with Crippen LogP contribution in [0.2, 0.25) is 0 Å². The molecule has 5 nitrogen and oxygen atoms in total. The summed E-state index contributed by atoms with van der Waals surface area (Å²) in [5.74, 6) is 4.49. The lowest BCUT2D eigenvalue weighted by Gasteiger charge is -2.15. The minimum Gasteiger partial charge on any atom is -0.344 e. The van der Waals surface area contributed by atoms with Crippen molar-refractivity contribution in [1.29, 1.82) is 0 Å². The minimum atomic E-state index is -4.45. The number of sulfonamides is 1. The SMILES string of the molecule is CN(CC(=O)NCC#Cc1cccc(C(F)(F)F)c1)S(=O)(=O)c1cccs1. The minimum absolute atomic E-state index is 0.123. The second-order valence-electron chi connectivity index (χ2n) is 5.35. The van der Waals surface area contributed by atoms with Crippen molar-refractivity contribution in [2.75, 3.05) is 20.1 Å². The molecular formula is C17H15F3N2O3S2. The molecule has 10 heteroatoms. The number of nitrogens with zero attached hydrogens (tertiary/aromatic N) is 1. The van der Waals surface area contributed by atoms with Crippen molar-refractivity contribution in [3.63, 3.8) is 0 Å². The number of benzene rings is 1. The van der Waals surface area contributed by atoms with Gasteiger partial charge < -0.3 is 5.32 Å². The molecule has 0 saturated carbocycles. The lowest BCUT2D eigenvalue weighted by molar-refractivity contribution is -0.137. The zero-order valence-corrected chi connectivity index (χ0v) is 15.7. The van der Waals surface area contributed by atoms with Crippen LogP contribution in [0.4, 0.5) is 13.2 Å². The van der Waals surface area contributed by atoms with E-state index in [1.54, 1.807) is 11.4 Å². The molecule has 0 spiro atoms. The fraction of sp³-hybridized carbons (Fsp3) is 0.235. The first kappa shape index (κ1) is 21.0. The van der Waals surface area contributed by atoms with Crippen LogP contribution in [0.3, 0.4) is 0 Å². The van der Waals surface area contributed by atoms with E-state index in [-0.39, 0.29) is 16.3 Å². The zero-order valence-electron chi connectivity index (χ0n) is 14.1. The average molecular weight is 416 g/mol. The number of halogens is 3. The van der Waals surface area contributed by atoms with E-state index in [2.05, 4.69) is 17.2 Å². The van der Waals surface area contributed by atoms with E-state index in [9.17, 15) is 26.4 Å². The Balaban J connectivity index is 1.90. The normalized spacial score (nSPS) is 11.7. The van der Waals surface area contributed by atoms with Crippen LogP contribution < -0.4 is 5.32 Å². The largest absolute Gasteiger partial charge is 0.416 e. The van der Waals surface area contributed by atoms with Crippen molar-refractivity contribution in [3.05, 3.63) is 52.9 Å². The molecule has 144 valence electrons. The van der Waals surface area contributed by atoms with Gasteiger partial charge in [-0.3, -0.25) is 4.79 Å². The number of likely N-dealkylation sites (N-methyl/N-ethyl adjacent to an activating group) is 1. The molecule has 0 atom stereocenters. The lowest BCUT2D eigenvalue weighted by atomic mass is 10.1. The standard InChI is InChI=1S/C17H15F3N2O3S2/c1-22(27(24,25)16-8-4-10-26-16)12-15(23)21-9-3-6-13-5-2-7-14(11-13)17(18,19)20/h2,4-5,7-8,10-11H,9,12H2,1H3,(H,21,23). The summed E-state index contributed by atoms with van der Waals surface area (Å²) < 4.78 is 63.3. The number of thiophene rings is 1. The van der Waals surface area contributed by atoms with Crippen LogP contribution in [0.15, 0.2) is 46.0 Å². The van der Waals surface area contributed by atoms with Gasteiger partial charge in [-0.1, -0.05) is 24.0 Å².